The molecule has 0 saturated heterocycles. The van der Waals surface area contributed by atoms with E-state index in [-0.39, 0.29) is 0 Å². The van der Waals surface area contributed by atoms with Gasteiger partial charge in [-0.1, -0.05) is 103 Å². The van der Waals surface area contributed by atoms with Gasteiger partial charge in [-0.25, -0.2) is 0 Å². The van der Waals surface area contributed by atoms with Crippen molar-refractivity contribution >= 4 is 54.9 Å². The molecule has 0 saturated carbocycles. The summed E-state index contributed by atoms with van der Waals surface area (Å²) in [4.78, 5) is 1.27. The van der Waals surface area contributed by atoms with E-state index in [0.717, 1.165) is 0 Å². The molecule has 8 aromatic rings. The largest absolute Gasteiger partial charge is 0.308 e. The number of aromatic nitrogens is 2. The van der Waals surface area contributed by atoms with E-state index < -0.39 is 0 Å². The van der Waals surface area contributed by atoms with Gasteiger partial charge in [0.2, 0.25) is 0 Å². The average molecular weight is 491 g/mol. The molecule has 0 atom stereocenters. The minimum Gasteiger partial charge on any atom is -0.308 e. The Morgan fingerprint density at radius 1 is 0.405 bits per heavy atom. The van der Waals surface area contributed by atoms with Gasteiger partial charge in [0.1, 0.15) is 5.00 Å². The maximum Gasteiger partial charge on any atom is 0.103 e. The molecule has 0 aliphatic carbocycles. The van der Waals surface area contributed by atoms with Gasteiger partial charge in [0.05, 0.1) is 32.6 Å². The molecular formula is C34H22N2S. The first-order chi connectivity index (χ1) is 18.4. The highest BCUT2D eigenvalue weighted by Gasteiger charge is 2.21. The Hall–Kier alpha value is -4.60. The fraction of sp³-hybridized carbons (Fsp3) is 0. The first kappa shape index (κ1) is 20.6. The van der Waals surface area contributed by atoms with Crippen LogP contribution in [0.5, 0.6) is 0 Å². The van der Waals surface area contributed by atoms with Crippen LogP contribution in [0.3, 0.4) is 0 Å². The van der Waals surface area contributed by atoms with Gasteiger partial charge >= 0.3 is 0 Å². The number of nitrogens with zero attached hydrogens (tertiary/aromatic N) is 2. The third-order valence-corrected chi connectivity index (χ3v) is 8.52. The Bertz CT molecular complexity index is 1980. The maximum absolute atomic E-state index is 2.45. The molecule has 3 heteroatoms. The predicted octanol–water partition coefficient (Wildman–Crippen LogP) is 9.61. The Kier molecular flexibility index (Phi) is 4.42. The van der Waals surface area contributed by atoms with Crippen molar-refractivity contribution < 1.29 is 0 Å². The summed E-state index contributed by atoms with van der Waals surface area (Å²) in [6.45, 7) is 0. The summed E-state index contributed by atoms with van der Waals surface area (Å²) in [6.07, 6.45) is 0. The van der Waals surface area contributed by atoms with Gasteiger partial charge in [-0.2, -0.15) is 0 Å². The Balaban J connectivity index is 1.51. The first-order valence-electron chi connectivity index (χ1n) is 12.5. The monoisotopic (exact) mass is 490 g/mol. The highest BCUT2D eigenvalue weighted by Crippen LogP contribution is 2.43. The molecule has 0 aliphatic rings. The molecule has 3 aromatic heterocycles. The second-order valence-corrected chi connectivity index (χ2v) is 10.4. The van der Waals surface area contributed by atoms with E-state index in [1.165, 1.54) is 64.7 Å². The summed E-state index contributed by atoms with van der Waals surface area (Å²) in [7, 11) is 0. The second kappa shape index (κ2) is 7.95. The lowest BCUT2D eigenvalue weighted by Crippen LogP contribution is -1.94. The molecule has 0 radical (unpaired) electrons. The normalized spacial score (nSPS) is 11.8. The van der Waals surface area contributed by atoms with Crippen molar-refractivity contribution in [2.45, 2.75) is 0 Å². The zero-order valence-electron chi connectivity index (χ0n) is 20.0. The quantitative estimate of drug-likeness (QED) is 0.233. The molecule has 174 valence electrons. The highest BCUT2D eigenvalue weighted by atomic mass is 32.1. The van der Waals surface area contributed by atoms with E-state index >= 15 is 0 Å². The van der Waals surface area contributed by atoms with E-state index in [4.69, 9.17) is 0 Å². The standard InChI is InChI=1S/C34H22N2S/c1-2-12-23(13-3-1)34-32(35-28-18-8-4-14-24(28)25-15-5-9-19-29(25)35)22-33(37-34)36-30-20-10-6-16-26(30)27-17-7-11-21-31(27)36/h1-22H. The molecular weight excluding hydrogens is 468 g/mol. The van der Waals surface area contributed by atoms with E-state index in [1.54, 1.807) is 0 Å². The second-order valence-electron chi connectivity index (χ2n) is 9.40. The van der Waals surface area contributed by atoms with Crippen molar-refractivity contribution in [3.63, 3.8) is 0 Å². The molecule has 0 N–H and O–H groups in total. The highest BCUT2D eigenvalue weighted by molar-refractivity contribution is 7.18. The summed E-state index contributed by atoms with van der Waals surface area (Å²) in [5.74, 6) is 0. The summed E-state index contributed by atoms with van der Waals surface area (Å²) < 4.78 is 4.88. The summed E-state index contributed by atoms with van der Waals surface area (Å²) >= 11 is 1.86. The summed E-state index contributed by atoms with van der Waals surface area (Å²) in [6, 6.07) is 48.1. The zero-order valence-corrected chi connectivity index (χ0v) is 20.8. The first-order valence-corrected chi connectivity index (χ1v) is 13.4. The number of hydrogen-bond donors (Lipinski definition) is 0. The van der Waals surface area contributed by atoms with Crippen LogP contribution in [-0.4, -0.2) is 9.13 Å². The van der Waals surface area contributed by atoms with Crippen molar-refractivity contribution in [1.82, 2.24) is 9.13 Å². The fourth-order valence-electron chi connectivity index (χ4n) is 5.78. The van der Waals surface area contributed by atoms with Gasteiger partial charge < -0.3 is 9.13 Å². The number of fused-ring (bicyclic) bond motifs is 6. The zero-order chi connectivity index (χ0) is 24.3. The SMILES string of the molecule is c1ccc(-c2sc(-n3c4ccccc4c4ccccc43)cc2-n2c3ccccc3c3ccccc32)cc1. The molecule has 37 heavy (non-hydrogen) atoms. The van der Waals surface area contributed by atoms with Gasteiger partial charge in [-0.15, -0.1) is 11.3 Å². The topological polar surface area (TPSA) is 9.86 Å². The Morgan fingerprint density at radius 2 is 0.811 bits per heavy atom. The molecule has 0 unspecified atom stereocenters. The minimum atomic E-state index is 1.21. The lowest BCUT2D eigenvalue weighted by atomic mass is 10.1. The van der Waals surface area contributed by atoms with E-state index in [1.807, 2.05) is 11.3 Å². The van der Waals surface area contributed by atoms with Crippen molar-refractivity contribution in [3.05, 3.63) is 133 Å². The van der Waals surface area contributed by atoms with Gasteiger partial charge in [0, 0.05) is 21.5 Å². The van der Waals surface area contributed by atoms with Gasteiger partial charge in [0.15, 0.2) is 0 Å². The molecule has 0 fully saturated rings. The maximum atomic E-state index is 2.45. The minimum absolute atomic E-state index is 1.21. The van der Waals surface area contributed by atoms with Crippen LogP contribution in [0.15, 0.2) is 133 Å². The lowest BCUT2D eigenvalue weighted by Gasteiger charge is -2.09. The molecule has 0 amide bonds. The molecule has 3 heterocycles. The fourth-order valence-corrected chi connectivity index (χ4v) is 6.96. The molecule has 0 spiro atoms. The van der Waals surface area contributed by atoms with Crippen LogP contribution in [0.1, 0.15) is 0 Å². The van der Waals surface area contributed by atoms with Crippen LogP contribution in [0.2, 0.25) is 0 Å². The average Bonchev–Trinajstić information content (AvgIpc) is 3.63. The van der Waals surface area contributed by atoms with Crippen LogP contribution < -0.4 is 0 Å². The van der Waals surface area contributed by atoms with Crippen LogP contribution in [0.4, 0.5) is 0 Å². The van der Waals surface area contributed by atoms with Crippen molar-refractivity contribution in [3.8, 4) is 21.1 Å². The molecule has 5 aromatic carbocycles. The van der Waals surface area contributed by atoms with E-state index in [9.17, 15) is 0 Å². The summed E-state index contributed by atoms with van der Waals surface area (Å²) in [5.41, 5.74) is 7.37. The third kappa shape index (κ3) is 2.98. The molecule has 0 bridgehead atoms. The number of hydrogen-bond acceptors (Lipinski definition) is 1. The number of benzene rings is 5. The van der Waals surface area contributed by atoms with Crippen molar-refractivity contribution in [1.29, 1.82) is 0 Å². The number of thiophene rings is 1. The van der Waals surface area contributed by atoms with E-state index in [0.29, 0.717) is 0 Å². The molecule has 0 aliphatic heterocycles. The lowest BCUT2D eigenvalue weighted by molar-refractivity contribution is 1.17. The van der Waals surface area contributed by atoms with Crippen LogP contribution in [-0.2, 0) is 0 Å². The van der Waals surface area contributed by atoms with Crippen LogP contribution in [0.25, 0.3) is 64.7 Å². The van der Waals surface area contributed by atoms with Crippen molar-refractivity contribution in [2.24, 2.45) is 0 Å². The Labute approximate surface area is 218 Å². The number of rotatable bonds is 3. The summed E-state index contributed by atoms with van der Waals surface area (Å²) in [5, 5.41) is 6.34. The number of para-hydroxylation sites is 4. The molecule has 8 rings (SSSR count). The molecule has 2 nitrogen and oxygen atoms in total. The van der Waals surface area contributed by atoms with Gasteiger partial charge in [-0.3, -0.25) is 0 Å². The predicted molar refractivity (Wildman–Crippen MR) is 158 cm³/mol. The van der Waals surface area contributed by atoms with Crippen molar-refractivity contribution in [2.75, 3.05) is 0 Å². The smallest absolute Gasteiger partial charge is 0.103 e. The van der Waals surface area contributed by atoms with Gasteiger partial charge in [-0.05, 0) is 35.9 Å². The Morgan fingerprint density at radius 3 is 1.30 bits per heavy atom. The van der Waals surface area contributed by atoms with Gasteiger partial charge in [0.25, 0.3) is 0 Å². The van der Waals surface area contributed by atoms with Crippen LogP contribution >= 0.6 is 11.3 Å². The third-order valence-electron chi connectivity index (χ3n) is 7.36. The van der Waals surface area contributed by atoms with Crippen LogP contribution in [0, 0.1) is 0 Å². The van der Waals surface area contributed by atoms with E-state index in [2.05, 4.69) is 143 Å².